The van der Waals surface area contributed by atoms with Crippen LogP contribution in [0.5, 0.6) is 0 Å². The molecule has 3 heterocycles. The van der Waals surface area contributed by atoms with Crippen LogP contribution in [0.2, 0.25) is 0 Å². The fourth-order valence-electron chi connectivity index (χ4n) is 1.95. The molecule has 0 aliphatic heterocycles. The topological polar surface area (TPSA) is 55.6 Å². The maximum Gasteiger partial charge on any atom is 0.124 e. The Morgan fingerprint density at radius 3 is 3.05 bits per heavy atom. The van der Waals surface area contributed by atoms with E-state index in [4.69, 9.17) is 0 Å². The van der Waals surface area contributed by atoms with E-state index in [-0.39, 0.29) is 0 Å². The highest BCUT2D eigenvalue weighted by atomic mass is 32.1. The molecule has 1 N–H and O–H groups in total. The van der Waals surface area contributed by atoms with Gasteiger partial charge in [0.2, 0.25) is 0 Å². The molecular weight excluding hydrogens is 302 g/mol. The Labute approximate surface area is 131 Å². The molecule has 7 heteroatoms. The Kier molecular flexibility index (Phi) is 4.74. The molecule has 0 unspecified atom stereocenters. The predicted octanol–water partition coefficient (Wildman–Crippen LogP) is 3.01. The number of thiazole rings is 1. The smallest absolute Gasteiger partial charge is 0.124 e. The average Bonchev–Trinajstić information content (AvgIpc) is 3.20. The van der Waals surface area contributed by atoms with Crippen LogP contribution in [0.4, 0.5) is 0 Å². The van der Waals surface area contributed by atoms with Gasteiger partial charge in [-0.1, -0.05) is 12.1 Å². The van der Waals surface area contributed by atoms with E-state index < -0.39 is 0 Å². The van der Waals surface area contributed by atoms with Gasteiger partial charge in [0.05, 0.1) is 24.1 Å². The lowest BCUT2D eigenvalue weighted by molar-refractivity contribution is 0.638. The second-order valence-corrected chi connectivity index (χ2v) is 6.38. The summed E-state index contributed by atoms with van der Waals surface area (Å²) in [5.74, 6) is 0. The Balaban J connectivity index is 1.61. The second-order valence-electron chi connectivity index (χ2n) is 4.74. The number of hydrogen-bond acceptors (Lipinski definition) is 6. The van der Waals surface area contributed by atoms with Crippen LogP contribution < -0.4 is 5.32 Å². The van der Waals surface area contributed by atoms with Gasteiger partial charge in [-0.2, -0.15) is 11.3 Å². The van der Waals surface area contributed by atoms with Gasteiger partial charge < -0.3 is 5.32 Å². The third kappa shape index (κ3) is 3.75. The summed E-state index contributed by atoms with van der Waals surface area (Å²) in [6, 6.07) is 2.10. The van der Waals surface area contributed by atoms with Crippen LogP contribution in [-0.2, 0) is 13.1 Å². The molecule has 0 aromatic carbocycles. The van der Waals surface area contributed by atoms with Gasteiger partial charge in [-0.25, -0.2) is 9.67 Å². The minimum atomic E-state index is 0.668. The first-order valence-corrected chi connectivity index (χ1v) is 8.74. The third-order valence-corrected chi connectivity index (χ3v) is 4.59. The first kappa shape index (κ1) is 14.4. The number of rotatable bonds is 7. The zero-order valence-corrected chi connectivity index (χ0v) is 13.5. The van der Waals surface area contributed by atoms with E-state index in [9.17, 15) is 0 Å². The monoisotopic (exact) mass is 319 g/mol. The van der Waals surface area contributed by atoms with E-state index in [0.717, 1.165) is 35.9 Å². The fraction of sp³-hybridized carbons (Fsp3) is 0.357. The molecule has 0 fully saturated rings. The van der Waals surface area contributed by atoms with Gasteiger partial charge >= 0.3 is 0 Å². The highest BCUT2D eigenvalue weighted by molar-refractivity contribution is 7.14. The number of aromatic nitrogens is 4. The standard InChI is InChI=1S/C14H17N5S2/c1-2-4-15-6-12-7-19(18-17-12)8-13-10-21-14(16-13)11-3-5-20-9-11/h3,5,7,9-10,15H,2,4,6,8H2,1H3. The molecule has 0 spiro atoms. The fourth-order valence-corrected chi connectivity index (χ4v) is 3.48. The summed E-state index contributed by atoms with van der Waals surface area (Å²) < 4.78 is 1.84. The Morgan fingerprint density at radius 2 is 2.24 bits per heavy atom. The quantitative estimate of drug-likeness (QED) is 0.680. The zero-order chi connectivity index (χ0) is 14.5. The average molecular weight is 319 g/mol. The summed E-state index contributed by atoms with van der Waals surface area (Å²) in [6.07, 6.45) is 3.10. The molecule has 3 aromatic rings. The van der Waals surface area contributed by atoms with E-state index in [0.29, 0.717) is 6.54 Å². The highest BCUT2D eigenvalue weighted by Crippen LogP contribution is 2.25. The second kappa shape index (κ2) is 6.93. The molecule has 0 amide bonds. The summed E-state index contributed by atoms with van der Waals surface area (Å²) in [5, 5.41) is 19.0. The number of thiophene rings is 1. The molecule has 110 valence electrons. The van der Waals surface area contributed by atoms with Crippen molar-refractivity contribution in [2.24, 2.45) is 0 Å². The van der Waals surface area contributed by atoms with E-state index in [1.54, 1.807) is 22.7 Å². The van der Waals surface area contributed by atoms with Gasteiger partial charge in [-0.15, -0.1) is 16.4 Å². The van der Waals surface area contributed by atoms with Gasteiger partial charge in [-0.3, -0.25) is 0 Å². The van der Waals surface area contributed by atoms with Gasteiger partial charge in [0.15, 0.2) is 0 Å². The molecule has 0 saturated carbocycles. The molecular formula is C14H17N5S2. The van der Waals surface area contributed by atoms with Gasteiger partial charge in [0.25, 0.3) is 0 Å². The molecule has 0 bridgehead atoms. The Hall–Kier alpha value is -1.57. The van der Waals surface area contributed by atoms with Crippen LogP contribution in [0.3, 0.4) is 0 Å². The number of nitrogens with zero attached hydrogens (tertiary/aromatic N) is 4. The summed E-state index contributed by atoms with van der Waals surface area (Å²) in [6.45, 7) is 4.59. The largest absolute Gasteiger partial charge is 0.311 e. The van der Waals surface area contributed by atoms with Crippen LogP contribution in [-0.4, -0.2) is 26.5 Å². The lowest BCUT2D eigenvalue weighted by Gasteiger charge is -1.97. The molecule has 0 aliphatic carbocycles. The third-order valence-electron chi connectivity index (χ3n) is 2.96. The SMILES string of the molecule is CCCNCc1cn(Cc2csc(-c3ccsc3)n2)nn1. The first-order valence-electron chi connectivity index (χ1n) is 6.92. The van der Waals surface area contributed by atoms with Crippen molar-refractivity contribution in [1.29, 1.82) is 0 Å². The molecule has 21 heavy (non-hydrogen) atoms. The Bertz CT molecular complexity index is 671. The molecule has 0 aliphatic rings. The van der Waals surface area contributed by atoms with Crippen molar-refractivity contribution in [3.63, 3.8) is 0 Å². The maximum absolute atomic E-state index is 4.65. The highest BCUT2D eigenvalue weighted by Gasteiger charge is 2.07. The van der Waals surface area contributed by atoms with Crippen LogP contribution in [0, 0.1) is 0 Å². The van der Waals surface area contributed by atoms with Crippen molar-refractivity contribution in [3.05, 3.63) is 39.8 Å². The van der Waals surface area contributed by atoms with Crippen molar-refractivity contribution < 1.29 is 0 Å². The molecule has 3 aromatic heterocycles. The van der Waals surface area contributed by atoms with Gasteiger partial charge in [0.1, 0.15) is 5.01 Å². The molecule has 5 nitrogen and oxygen atoms in total. The van der Waals surface area contributed by atoms with Crippen LogP contribution in [0.15, 0.2) is 28.4 Å². The van der Waals surface area contributed by atoms with Crippen LogP contribution >= 0.6 is 22.7 Å². The zero-order valence-electron chi connectivity index (χ0n) is 11.8. The van der Waals surface area contributed by atoms with E-state index >= 15 is 0 Å². The summed E-state index contributed by atoms with van der Waals surface area (Å²) >= 11 is 3.36. The van der Waals surface area contributed by atoms with Crippen LogP contribution in [0.25, 0.3) is 10.6 Å². The molecule has 0 saturated heterocycles. The van der Waals surface area contributed by atoms with Crippen molar-refractivity contribution in [3.8, 4) is 10.6 Å². The maximum atomic E-state index is 4.65. The van der Waals surface area contributed by atoms with Gasteiger partial charge in [-0.05, 0) is 24.4 Å². The number of hydrogen-bond donors (Lipinski definition) is 1. The molecule has 3 rings (SSSR count). The van der Waals surface area contributed by atoms with Crippen molar-refractivity contribution in [2.45, 2.75) is 26.4 Å². The first-order chi connectivity index (χ1) is 10.3. The molecule has 0 atom stereocenters. The van der Waals surface area contributed by atoms with Gasteiger partial charge in [0, 0.05) is 22.9 Å². The lowest BCUT2D eigenvalue weighted by Crippen LogP contribution is -2.13. The Morgan fingerprint density at radius 1 is 1.29 bits per heavy atom. The normalized spacial score (nSPS) is 11.1. The van der Waals surface area contributed by atoms with Crippen molar-refractivity contribution >= 4 is 22.7 Å². The minimum absolute atomic E-state index is 0.668. The summed E-state index contributed by atoms with van der Waals surface area (Å²) in [4.78, 5) is 4.65. The predicted molar refractivity (Wildman–Crippen MR) is 86.5 cm³/mol. The lowest BCUT2D eigenvalue weighted by atomic mass is 10.3. The molecule has 0 radical (unpaired) electrons. The number of nitrogens with one attached hydrogen (secondary N) is 1. The van der Waals surface area contributed by atoms with E-state index in [2.05, 4.69) is 49.7 Å². The van der Waals surface area contributed by atoms with Crippen molar-refractivity contribution in [2.75, 3.05) is 6.54 Å². The van der Waals surface area contributed by atoms with Crippen molar-refractivity contribution in [1.82, 2.24) is 25.3 Å². The van der Waals surface area contributed by atoms with Crippen LogP contribution in [0.1, 0.15) is 24.7 Å². The van der Waals surface area contributed by atoms with E-state index in [1.165, 1.54) is 5.56 Å². The summed E-state index contributed by atoms with van der Waals surface area (Å²) in [7, 11) is 0. The summed E-state index contributed by atoms with van der Waals surface area (Å²) in [5.41, 5.74) is 3.19. The van der Waals surface area contributed by atoms with E-state index in [1.807, 2.05) is 10.9 Å². The minimum Gasteiger partial charge on any atom is -0.311 e.